The number of benzene rings is 1. The smallest absolute Gasteiger partial charge is 0.130 e. The highest BCUT2D eigenvalue weighted by molar-refractivity contribution is 5.24. The molecule has 2 aromatic rings. The normalized spacial score (nSPS) is 12.6. The summed E-state index contributed by atoms with van der Waals surface area (Å²) in [6, 6.07) is 5.25. The molecule has 0 radical (unpaired) electrons. The van der Waals surface area contributed by atoms with Gasteiger partial charge in [-0.3, -0.25) is 0 Å². The molecule has 1 atom stereocenters. The van der Waals surface area contributed by atoms with Crippen molar-refractivity contribution in [3.8, 4) is 0 Å². The molecule has 4 heteroatoms. The average molecular weight is 237 g/mol. The van der Waals surface area contributed by atoms with Crippen molar-refractivity contribution >= 4 is 0 Å². The molecule has 90 valence electrons. The molecular weight excluding hydrogens is 224 g/mol. The second-order valence-corrected chi connectivity index (χ2v) is 3.84. The molecule has 0 saturated heterocycles. The minimum absolute atomic E-state index is 0.201. The van der Waals surface area contributed by atoms with Gasteiger partial charge in [0.25, 0.3) is 0 Å². The summed E-state index contributed by atoms with van der Waals surface area (Å²) < 4.78 is 31.4. The Morgan fingerprint density at radius 3 is 2.71 bits per heavy atom. The van der Waals surface area contributed by atoms with Crippen molar-refractivity contribution < 1.29 is 13.2 Å². The van der Waals surface area contributed by atoms with Gasteiger partial charge in [-0.05, 0) is 31.2 Å². The zero-order valence-electron chi connectivity index (χ0n) is 9.41. The van der Waals surface area contributed by atoms with E-state index in [4.69, 9.17) is 4.42 Å². The fourth-order valence-corrected chi connectivity index (χ4v) is 1.80. The van der Waals surface area contributed by atoms with E-state index in [1.165, 1.54) is 12.1 Å². The number of hydrogen-bond acceptors (Lipinski definition) is 2. The summed E-state index contributed by atoms with van der Waals surface area (Å²) >= 11 is 0. The Labute approximate surface area is 98.3 Å². The quantitative estimate of drug-likeness (QED) is 0.884. The van der Waals surface area contributed by atoms with Crippen LogP contribution >= 0.6 is 0 Å². The van der Waals surface area contributed by atoms with Crippen molar-refractivity contribution in [3.63, 3.8) is 0 Å². The predicted molar refractivity (Wildman–Crippen MR) is 60.6 cm³/mol. The number of likely N-dealkylation sites (N-methyl/N-ethyl adjacent to an activating group) is 1. The van der Waals surface area contributed by atoms with E-state index >= 15 is 0 Å². The van der Waals surface area contributed by atoms with Crippen molar-refractivity contribution in [3.05, 3.63) is 59.6 Å². The number of hydrogen-bond donors (Lipinski definition) is 1. The summed E-state index contributed by atoms with van der Waals surface area (Å²) in [5.41, 5.74) is 1.42. The first kappa shape index (κ1) is 11.8. The van der Waals surface area contributed by atoms with Crippen molar-refractivity contribution in [1.82, 2.24) is 5.32 Å². The van der Waals surface area contributed by atoms with Gasteiger partial charge in [0.05, 0.1) is 12.5 Å². The third-order valence-electron chi connectivity index (χ3n) is 2.71. The van der Waals surface area contributed by atoms with Crippen LogP contribution in [0.1, 0.15) is 17.2 Å². The Kier molecular flexibility index (Phi) is 3.54. The minimum Gasteiger partial charge on any atom is -0.472 e. The van der Waals surface area contributed by atoms with E-state index in [9.17, 15) is 8.78 Å². The molecule has 0 aliphatic heterocycles. The largest absolute Gasteiger partial charge is 0.472 e. The topological polar surface area (TPSA) is 25.2 Å². The molecule has 1 unspecified atom stereocenters. The number of rotatable bonds is 4. The molecule has 1 aromatic carbocycles. The molecule has 0 saturated carbocycles. The molecule has 1 aromatic heterocycles. The summed E-state index contributed by atoms with van der Waals surface area (Å²) in [6.07, 6.45) is 3.78. The lowest BCUT2D eigenvalue weighted by atomic mass is 10.00. The molecule has 1 N–H and O–H groups in total. The Hall–Kier alpha value is -1.68. The Morgan fingerprint density at radius 2 is 2.12 bits per heavy atom. The molecule has 0 spiro atoms. The number of furan rings is 1. The van der Waals surface area contributed by atoms with Gasteiger partial charge in [-0.2, -0.15) is 0 Å². The van der Waals surface area contributed by atoms with Gasteiger partial charge in [0, 0.05) is 17.7 Å². The molecule has 2 nitrogen and oxygen atoms in total. The molecule has 0 amide bonds. The Bertz CT molecular complexity index is 482. The summed E-state index contributed by atoms with van der Waals surface area (Å²) in [7, 11) is 1.74. The van der Waals surface area contributed by atoms with E-state index in [-0.39, 0.29) is 6.04 Å². The van der Waals surface area contributed by atoms with E-state index in [0.717, 1.165) is 11.6 Å². The predicted octanol–water partition coefficient (Wildman–Crippen LogP) is 3.06. The molecule has 0 aliphatic carbocycles. The van der Waals surface area contributed by atoms with Crippen molar-refractivity contribution in [2.75, 3.05) is 7.05 Å². The van der Waals surface area contributed by atoms with Gasteiger partial charge in [0.2, 0.25) is 0 Å². The first-order chi connectivity index (χ1) is 8.20. The lowest BCUT2D eigenvalue weighted by Gasteiger charge is -2.16. The van der Waals surface area contributed by atoms with Gasteiger partial charge in [-0.1, -0.05) is 6.07 Å². The van der Waals surface area contributed by atoms with Crippen molar-refractivity contribution in [2.45, 2.75) is 12.5 Å². The standard InChI is InChI=1S/C13H13F2NO/c1-16-13(6-9-4-5-17-8-9)11-3-2-10(14)7-12(11)15/h2-5,7-8,13,16H,6H2,1H3. The summed E-state index contributed by atoms with van der Waals surface area (Å²) in [5, 5.41) is 3.01. The maximum absolute atomic E-state index is 13.6. The van der Waals surface area contributed by atoms with E-state index in [1.807, 2.05) is 6.07 Å². The minimum atomic E-state index is -0.565. The lowest BCUT2D eigenvalue weighted by Crippen LogP contribution is -2.20. The van der Waals surface area contributed by atoms with E-state index in [1.54, 1.807) is 19.6 Å². The molecule has 0 fully saturated rings. The molecule has 0 bridgehead atoms. The van der Waals surface area contributed by atoms with Crippen LogP contribution in [0.3, 0.4) is 0 Å². The van der Waals surface area contributed by atoms with Crippen LogP contribution in [0.2, 0.25) is 0 Å². The van der Waals surface area contributed by atoms with Crippen LogP contribution < -0.4 is 5.32 Å². The first-order valence-electron chi connectivity index (χ1n) is 5.34. The molecule has 0 aliphatic rings. The zero-order chi connectivity index (χ0) is 12.3. The Balaban J connectivity index is 2.23. The monoisotopic (exact) mass is 237 g/mol. The van der Waals surface area contributed by atoms with Gasteiger partial charge < -0.3 is 9.73 Å². The molecule has 1 heterocycles. The van der Waals surface area contributed by atoms with Crippen LogP contribution in [0.25, 0.3) is 0 Å². The van der Waals surface area contributed by atoms with Crippen LogP contribution in [0.15, 0.2) is 41.2 Å². The van der Waals surface area contributed by atoms with Gasteiger partial charge in [-0.25, -0.2) is 8.78 Å². The average Bonchev–Trinajstić information content (AvgIpc) is 2.79. The maximum Gasteiger partial charge on any atom is 0.130 e. The highest BCUT2D eigenvalue weighted by atomic mass is 19.1. The van der Waals surface area contributed by atoms with Gasteiger partial charge in [0.15, 0.2) is 0 Å². The van der Waals surface area contributed by atoms with Crippen LogP contribution in [0.4, 0.5) is 8.78 Å². The zero-order valence-corrected chi connectivity index (χ0v) is 9.41. The third-order valence-corrected chi connectivity index (χ3v) is 2.71. The fourth-order valence-electron chi connectivity index (χ4n) is 1.80. The second-order valence-electron chi connectivity index (χ2n) is 3.84. The van der Waals surface area contributed by atoms with E-state index in [0.29, 0.717) is 12.0 Å². The summed E-state index contributed by atoms with van der Waals surface area (Å²) in [5.74, 6) is -1.10. The van der Waals surface area contributed by atoms with Gasteiger partial charge >= 0.3 is 0 Å². The second kappa shape index (κ2) is 5.10. The first-order valence-corrected chi connectivity index (χ1v) is 5.34. The summed E-state index contributed by atoms with van der Waals surface area (Å²) in [4.78, 5) is 0. The van der Waals surface area contributed by atoms with Crippen LogP contribution in [0, 0.1) is 11.6 Å². The lowest BCUT2D eigenvalue weighted by molar-refractivity contribution is 0.516. The summed E-state index contributed by atoms with van der Waals surface area (Å²) in [6.45, 7) is 0. The van der Waals surface area contributed by atoms with Crippen molar-refractivity contribution in [1.29, 1.82) is 0 Å². The maximum atomic E-state index is 13.6. The van der Waals surface area contributed by atoms with E-state index in [2.05, 4.69) is 5.32 Å². The fraction of sp³-hybridized carbons (Fsp3) is 0.231. The van der Waals surface area contributed by atoms with E-state index < -0.39 is 11.6 Å². The number of halogens is 2. The van der Waals surface area contributed by atoms with Gasteiger partial charge in [-0.15, -0.1) is 0 Å². The van der Waals surface area contributed by atoms with Crippen molar-refractivity contribution in [2.24, 2.45) is 0 Å². The third kappa shape index (κ3) is 2.71. The SMILES string of the molecule is CNC(Cc1ccoc1)c1ccc(F)cc1F. The van der Waals surface area contributed by atoms with Crippen LogP contribution in [-0.2, 0) is 6.42 Å². The van der Waals surface area contributed by atoms with Gasteiger partial charge in [0.1, 0.15) is 11.6 Å². The number of nitrogens with one attached hydrogen (secondary N) is 1. The molecular formula is C13H13F2NO. The molecule has 17 heavy (non-hydrogen) atoms. The highest BCUT2D eigenvalue weighted by Gasteiger charge is 2.15. The van der Waals surface area contributed by atoms with Crippen LogP contribution in [-0.4, -0.2) is 7.05 Å². The van der Waals surface area contributed by atoms with Crippen LogP contribution in [0.5, 0.6) is 0 Å². The molecule has 2 rings (SSSR count). The highest BCUT2D eigenvalue weighted by Crippen LogP contribution is 2.21. The Morgan fingerprint density at radius 1 is 1.29 bits per heavy atom.